The Labute approximate surface area is 62.6 Å². The first-order valence-corrected chi connectivity index (χ1v) is 3.91. The first kappa shape index (κ1) is 7.55. The summed E-state index contributed by atoms with van der Waals surface area (Å²) in [6.45, 7) is 3.67. The van der Waals surface area contributed by atoms with E-state index in [1.165, 1.54) is 31.3 Å². The summed E-state index contributed by atoms with van der Waals surface area (Å²) in [5.74, 6) is 0. The van der Waals surface area contributed by atoms with Crippen LogP contribution in [0.1, 0.15) is 25.7 Å². The second-order valence-electron chi connectivity index (χ2n) is 2.79. The van der Waals surface area contributed by atoms with Gasteiger partial charge in [0, 0.05) is 6.04 Å². The molecule has 0 aliphatic heterocycles. The van der Waals surface area contributed by atoms with Gasteiger partial charge in [0.15, 0.2) is 0 Å². The van der Waals surface area contributed by atoms with Crippen LogP contribution in [0.25, 0.3) is 0 Å². The zero-order chi connectivity index (χ0) is 7.40. The summed E-state index contributed by atoms with van der Waals surface area (Å²) in [6.07, 6.45) is 9.08. The lowest BCUT2D eigenvalue weighted by atomic mass is 9.94. The molecule has 1 rings (SSSR count). The lowest BCUT2D eigenvalue weighted by molar-refractivity contribution is 0.670. The molecule has 56 valence electrons. The Kier molecular flexibility index (Phi) is 2.69. The number of hydrogen-bond donors (Lipinski definition) is 1. The molecule has 0 bridgehead atoms. The molecule has 0 fully saturated rings. The van der Waals surface area contributed by atoms with Crippen LogP contribution in [0.15, 0.2) is 24.3 Å². The van der Waals surface area contributed by atoms with Crippen molar-refractivity contribution >= 4 is 0 Å². The molecule has 1 heteroatoms. The molecule has 10 heavy (non-hydrogen) atoms. The topological polar surface area (TPSA) is 26.0 Å². The second kappa shape index (κ2) is 3.57. The van der Waals surface area contributed by atoms with Crippen LogP contribution in [0.2, 0.25) is 0 Å². The molecule has 0 aromatic rings. The van der Waals surface area contributed by atoms with Crippen molar-refractivity contribution < 1.29 is 0 Å². The predicted octanol–water partition coefficient (Wildman–Crippen LogP) is 2.00. The Hall–Kier alpha value is -0.560. The monoisotopic (exact) mass is 137 g/mol. The summed E-state index contributed by atoms with van der Waals surface area (Å²) in [7, 11) is 0. The molecule has 0 saturated carbocycles. The minimum Gasteiger partial charge on any atom is -0.321 e. The molecule has 0 radical (unpaired) electrons. The van der Waals surface area contributed by atoms with Crippen LogP contribution in [0.5, 0.6) is 0 Å². The fourth-order valence-electron chi connectivity index (χ4n) is 1.32. The third kappa shape index (κ3) is 1.71. The van der Waals surface area contributed by atoms with Crippen molar-refractivity contribution in [3.8, 4) is 0 Å². The molecular formula is C9H15N. The van der Waals surface area contributed by atoms with Gasteiger partial charge in [-0.1, -0.05) is 17.7 Å². The van der Waals surface area contributed by atoms with Crippen molar-refractivity contribution in [2.75, 3.05) is 0 Å². The Morgan fingerprint density at radius 3 is 2.90 bits per heavy atom. The van der Waals surface area contributed by atoms with Gasteiger partial charge in [-0.2, -0.15) is 0 Å². The quantitative estimate of drug-likeness (QED) is 0.579. The zero-order valence-electron chi connectivity index (χ0n) is 6.34. The van der Waals surface area contributed by atoms with E-state index in [1.54, 1.807) is 0 Å². The van der Waals surface area contributed by atoms with Crippen LogP contribution in [0.4, 0.5) is 0 Å². The highest BCUT2D eigenvalue weighted by molar-refractivity contribution is 5.17. The molecule has 2 N–H and O–H groups in total. The van der Waals surface area contributed by atoms with Crippen molar-refractivity contribution in [3.63, 3.8) is 0 Å². The maximum Gasteiger partial charge on any atom is 0.0437 e. The van der Waals surface area contributed by atoms with Crippen LogP contribution < -0.4 is 5.73 Å². The van der Waals surface area contributed by atoms with E-state index in [0.29, 0.717) is 0 Å². The van der Waals surface area contributed by atoms with E-state index in [0.717, 1.165) is 0 Å². The van der Waals surface area contributed by atoms with Gasteiger partial charge < -0.3 is 5.73 Å². The lowest BCUT2D eigenvalue weighted by Crippen LogP contribution is -2.20. The Bertz CT molecular complexity index is 147. The molecule has 1 aliphatic rings. The lowest BCUT2D eigenvalue weighted by Gasteiger charge is -2.15. The average molecular weight is 137 g/mol. The molecular weight excluding hydrogens is 122 g/mol. The molecule has 0 saturated heterocycles. The van der Waals surface area contributed by atoms with Gasteiger partial charge >= 0.3 is 0 Å². The van der Waals surface area contributed by atoms with Crippen molar-refractivity contribution in [3.05, 3.63) is 24.3 Å². The van der Waals surface area contributed by atoms with Gasteiger partial charge in [0.1, 0.15) is 0 Å². The SMILES string of the molecule is C=C[C@H](N)C1=CCCCC1. The third-order valence-electron chi connectivity index (χ3n) is 2.01. The molecule has 0 aromatic carbocycles. The van der Waals surface area contributed by atoms with E-state index in [4.69, 9.17) is 5.73 Å². The molecule has 0 spiro atoms. The number of hydrogen-bond acceptors (Lipinski definition) is 1. The summed E-state index contributed by atoms with van der Waals surface area (Å²) in [5.41, 5.74) is 7.14. The van der Waals surface area contributed by atoms with Crippen molar-refractivity contribution in [2.45, 2.75) is 31.7 Å². The summed E-state index contributed by atoms with van der Waals surface area (Å²) in [6, 6.07) is 0.111. The summed E-state index contributed by atoms with van der Waals surface area (Å²) >= 11 is 0. The maximum absolute atomic E-state index is 5.76. The van der Waals surface area contributed by atoms with Gasteiger partial charge in [-0.3, -0.25) is 0 Å². The van der Waals surface area contributed by atoms with E-state index in [-0.39, 0.29) is 6.04 Å². The highest BCUT2D eigenvalue weighted by atomic mass is 14.6. The first-order chi connectivity index (χ1) is 4.84. The van der Waals surface area contributed by atoms with E-state index < -0.39 is 0 Å². The van der Waals surface area contributed by atoms with Crippen LogP contribution >= 0.6 is 0 Å². The highest BCUT2D eigenvalue weighted by Crippen LogP contribution is 2.19. The fourth-order valence-corrected chi connectivity index (χ4v) is 1.32. The largest absolute Gasteiger partial charge is 0.321 e. The second-order valence-corrected chi connectivity index (χ2v) is 2.79. The van der Waals surface area contributed by atoms with Crippen LogP contribution in [-0.2, 0) is 0 Å². The fraction of sp³-hybridized carbons (Fsp3) is 0.556. The summed E-state index contributed by atoms with van der Waals surface area (Å²) in [5, 5.41) is 0. The van der Waals surface area contributed by atoms with Gasteiger partial charge in [0.25, 0.3) is 0 Å². The van der Waals surface area contributed by atoms with Crippen molar-refractivity contribution in [1.82, 2.24) is 0 Å². The van der Waals surface area contributed by atoms with Crippen molar-refractivity contribution in [1.29, 1.82) is 0 Å². The Morgan fingerprint density at radius 1 is 1.60 bits per heavy atom. The Balaban J connectivity index is 2.52. The van der Waals surface area contributed by atoms with Crippen molar-refractivity contribution in [2.24, 2.45) is 5.73 Å². The smallest absolute Gasteiger partial charge is 0.0437 e. The molecule has 1 nitrogen and oxygen atoms in total. The summed E-state index contributed by atoms with van der Waals surface area (Å²) < 4.78 is 0. The molecule has 1 aliphatic carbocycles. The standard InChI is InChI=1S/C9H15N/c1-2-9(10)8-6-4-3-5-7-8/h2,6,9H,1,3-5,7,10H2/t9-/m0/s1. The first-order valence-electron chi connectivity index (χ1n) is 3.91. The van der Waals surface area contributed by atoms with Crippen LogP contribution in [0.3, 0.4) is 0 Å². The molecule has 0 unspecified atom stereocenters. The van der Waals surface area contributed by atoms with Gasteiger partial charge in [0.2, 0.25) is 0 Å². The van der Waals surface area contributed by atoms with E-state index >= 15 is 0 Å². The number of nitrogens with two attached hydrogens (primary N) is 1. The van der Waals surface area contributed by atoms with Crippen LogP contribution in [0, 0.1) is 0 Å². The third-order valence-corrected chi connectivity index (χ3v) is 2.01. The molecule has 0 amide bonds. The normalized spacial score (nSPS) is 21.5. The Morgan fingerprint density at radius 2 is 2.40 bits per heavy atom. The molecule has 0 heterocycles. The van der Waals surface area contributed by atoms with Gasteiger partial charge in [0.05, 0.1) is 0 Å². The highest BCUT2D eigenvalue weighted by Gasteiger charge is 2.07. The van der Waals surface area contributed by atoms with Gasteiger partial charge in [-0.15, -0.1) is 6.58 Å². The average Bonchev–Trinajstić information content (AvgIpc) is 2.05. The van der Waals surface area contributed by atoms with E-state index in [1.807, 2.05) is 6.08 Å². The summed E-state index contributed by atoms with van der Waals surface area (Å²) in [4.78, 5) is 0. The zero-order valence-corrected chi connectivity index (χ0v) is 6.34. The van der Waals surface area contributed by atoms with E-state index in [2.05, 4.69) is 12.7 Å². The van der Waals surface area contributed by atoms with Gasteiger partial charge in [-0.05, 0) is 25.7 Å². The number of allylic oxidation sites excluding steroid dienone is 1. The van der Waals surface area contributed by atoms with Crippen LogP contribution in [-0.4, -0.2) is 6.04 Å². The molecule has 1 atom stereocenters. The van der Waals surface area contributed by atoms with E-state index in [9.17, 15) is 0 Å². The predicted molar refractivity (Wildman–Crippen MR) is 44.7 cm³/mol. The minimum atomic E-state index is 0.111. The van der Waals surface area contributed by atoms with Gasteiger partial charge in [-0.25, -0.2) is 0 Å². The number of rotatable bonds is 2. The minimum absolute atomic E-state index is 0.111. The maximum atomic E-state index is 5.76. The molecule has 0 aromatic heterocycles.